The second-order valence-corrected chi connectivity index (χ2v) is 5.66. The number of nitrogens with one attached hydrogen (secondary N) is 1. The van der Waals surface area contributed by atoms with Crippen LogP contribution in [0.15, 0.2) is 6.20 Å². The van der Waals surface area contributed by atoms with E-state index in [9.17, 15) is 5.11 Å². The van der Waals surface area contributed by atoms with Gasteiger partial charge >= 0.3 is 0 Å². The van der Waals surface area contributed by atoms with E-state index in [4.69, 9.17) is 0 Å². The number of aliphatic hydroxyl groups excluding tert-OH is 1. The molecule has 0 spiro atoms. The summed E-state index contributed by atoms with van der Waals surface area (Å²) in [7, 11) is 0. The Morgan fingerprint density at radius 3 is 2.75 bits per heavy atom. The van der Waals surface area contributed by atoms with Gasteiger partial charge in [0.05, 0.1) is 11.6 Å². The van der Waals surface area contributed by atoms with Gasteiger partial charge in [0.2, 0.25) is 0 Å². The molecule has 0 saturated heterocycles. The predicted octanol–water partition coefficient (Wildman–Crippen LogP) is 2.20. The lowest BCUT2D eigenvalue weighted by atomic mass is 10.0. The summed E-state index contributed by atoms with van der Waals surface area (Å²) in [5.41, 5.74) is 0. The van der Waals surface area contributed by atoms with Crippen molar-refractivity contribution in [2.75, 3.05) is 6.61 Å². The molecule has 2 N–H and O–H groups in total. The zero-order valence-electron chi connectivity index (χ0n) is 10.4. The number of rotatable bonds is 7. The molecule has 0 radical (unpaired) electrons. The summed E-state index contributed by atoms with van der Waals surface area (Å²) in [5.74, 6) is 0.609. The van der Waals surface area contributed by atoms with Gasteiger partial charge in [0, 0.05) is 23.7 Å². The topological polar surface area (TPSA) is 45.2 Å². The number of aromatic nitrogens is 1. The van der Waals surface area contributed by atoms with Crippen LogP contribution in [0.2, 0.25) is 0 Å². The molecule has 4 heteroatoms. The van der Waals surface area contributed by atoms with E-state index in [1.54, 1.807) is 11.3 Å². The Bertz CT molecular complexity index is 299. The van der Waals surface area contributed by atoms with Gasteiger partial charge in [-0.1, -0.05) is 20.8 Å². The molecule has 1 aromatic rings. The fraction of sp³-hybridized carbons (Fsp3) is 0.750. The van der Waals surface area contributed by atoms with Gasteiger partial charge in [-0.2, -0.15) is 0 Å². The lowest BCUT2D eigenvalue weighted by Crippen LogP contribution is -2.33. The molecule has 16 heavy (non-hydrogen) atoms. The maximum absolute atomic E-state index is 9.23. The van der Waals surface area contributed by atoms with Crippen molar-refractivity contribution in [3.8, 4) is 0 Å². The van der Waals surface area contributed by atoms with Crippen LogP contribution in [-0.4, -0.2) is 22.7 Å². The van der Waals surface area contributed by atoms with Crippen LogP contribution >= 0.6 is 11.3 Å². The molecule has 0 aliphatic heterocycles. The molecule has 0 aliphatic carbocycles. The number of hydrogen-bond acceptors (Lipinski definition) is 4. The molecule has 0 bridgehead atoms. The van der Waals surface area contributed by atoms with E-state index in [2.05, 4.69) is 31.1 Å². The van der Waals surface area contributed by atoms with Crippen LogP contribution < -0.4 is 5.32 Å². The predicted molar refractivity (Wildman–Crippen MR) is 68.7 cm³/mol. The van der Waals surface area contributed by atoms with Crippen LogP contribution in [0.3, 0.4) is 0 Å². The van der Waals surface area contributed by atoms with Crippen molar-refractivity contribution in [1.82, 2.24) is 10.3 Å². The van der Waals surface area contributed by atoms with Crippen molar-refractivity contribution in [3.63, 3.8) is 0 Å². The average molecular weight is 242 g/mol. The Balaban J connectivity index is 2.36. The maximum Gasteiger partial charge on any atom is 0.0925 e. The van der Waals surface area contributed by atoms with Gasteiger partial charge < -0.3 is 10.4 Å². The van der Waals surface area contributed by atoms with Crippen LogP contribution in [0.25, 0.3) is 0 Å². The van der Waals surface area contributed by atoms with E-state index in [0.717, 1.165) is 19.4 Å². The smallest absolute Gasteiger partial charge is 0.0925 e. The van der Waals surface area contributed by atoms with Crippen molar-refractivity contribution in [2.45, 2.75) is 46.2 Å². The van der Waals surface area contributed by atoms with Gasteiger partial charge in [-0.3, -0.25) is 0 Å². The zero-order valence-corrected chi connectivity index (χ0v) is 11.2. The van der Waals surface area contributed by atoms with Crippen molar-refractivity contribution < 1.29 is 5.11 Å². The van der Waals surface area contributed by atoms with Crippen LogP contribution in [0.4, 0.5) is 0 Å². The van der Waals surface area contributed by atoms with Crippen molar-refractivity contribution in [1.29, 1.82) is 0 Å². The second kappa shape index (κ2) is 6.99. The first-order chi connectivity index (χ1) is 7.65. The standard InChI is InChI=1S/C12H22N2OS/c1-4-12-14-7-11(16-12)6-13-10(8-15)5-9(2)3/h7,9-10,13,15H,4-6,8H2,1-3H3. The molecule has 0 aromatic carbocycles. The summed E-state index contributed by atoms with van der Waals surface area (Å²) in [5, 5.41) is 13.8. The highest BCUT2D eigenvalue weighted by molar-refractivity contribution is 7.11. The van der Waals surface area contributed by atoms with E-state index in [0.29, 0.717) is 5.92 Å². The minimum Gasteiger partial charge on any atom is -0.395 e. The Morgan fingerprint density at radius 1 is 1.50 bits per heavy atom. The number of nitrogens with zero attached hydrogens (tertiary/aromatic N) is 1. The summed E-state index contributed by atoms with van der Waals surface area (Å²) < 4.78 is 0. The SMILES string of the molecule is CCc1ncc(CNC(CO)CC(C)C)s1. The molecule has 3 nitrogen and oxygen atoms in total. The van der Waals surface area contributed by atoms with Gasteiger partial charge in [0.15, 0.2) is 0 Å². The third-order valence-corrected chi connectivity index (χ3v) is 3.59. The Morgan fingerprint density at radius 2 is 2.25 bits per heavy atom. The van der Waals surface area contributed by atoms with E-state index in [1.807, 2.05) is 6.20 Å². The van der Waals surface area contributed by atoms with E-state index in [1.165, 1.54) is 9.88 Å². The highest BCUT2D eigenvalue weighted by Crippen LogP contribution is 2.13. The molecule has 1 unspecified atom stereocenters. The van der Waals surface area contributed by atoms with Crippen molar-refractivity contribution >= 4 is 11.3 Å². The monoisotopic (exact) mass is 242 g/mol. The van der Waals surface area contributed by atoms with Gasteiger partial charge in [0.1, 0.15) is 0 Å². The average Bonchev–Trinajstić information content (AvgIpc) is 2.71. The number of hydrogen-bond donors (Lipinski definition) is 2. The summed E-state index contributed by atoms with van der Waals surface area (Å²) in [6, 6.07) is 0.201. The third-order valence-electron chi connectivity index (χ3n) is 2.45. The molecule has 1 heterocycles. The lowest BCUT2D eigenvalue weighted by molar-refractivity contribution is 0.224. The van der Waals surface area contributed by atoms with Crippen molar-refractivity contribution in [3.05, 3.63) is 16.1 Å². The van der Waals surface area contributed by atoms with Crippen LogP contribution in [0.1, 0.15) is 37.1 Å². The fourth-order valence-corrected chi connectivity index (χ4v) is 2.44. The van der Waals surface area contributed by atoms with E-state index in [-0.39, 0.29) is 12.6 Å². The first-order valence-corrected chi connectivity index (χ1v) is 6.75. The molecule has 92 valence electrons. The minimum atomic E-state index is 0.201. The number of aryl methyl sites for hydroxylation is 1. The van der Waals surface area contributed by atoms with Crippen LogP contribution in [0, 0.1) is 5.92 Å². The summed E-state index contributed by atoms with van der Waals surface area (Å²) >= 11 is 1.75. The maximum atomic E-state index is 9.23. The van der Waals surface area contributed by atoms with Gasteiger partial charge in [0.25, 0.3) is 0 Å². The summed E-state index contributed by atoms with van der Waals surface area (Å²) in [6.07, 6.45) is 3.94. The van der Waals surface area contributed by atoms with Gasteiger partial charge in [-0.25, -0.2) is 4.98 Å². The fourth-order valence-electron chi connectivity index (χ4n) is 1.63. The molecule has 0 fully saturated rings. The minimum absolute atomic E-state index is 0.201. The van der Waals surface area contributed by atoms with E-state index < -0.39 is 0 Å². The normalized spacial score (nSPS) is 13.3. The molecular formula is C12H22N2OS. The molecule has 0 amide bonds. The third kappa shape index (κ3) is 4.60. The van der Waals surface area contributed by atoms with Crippen LogP contribution in [0.5, 0.6) is 0 Å². The summed E-state index contributed by atoms with van der Waals surface area (Å²) in [4.78, 5) is 5.56. The van der Waals surface area contributed by atoms with Gasteiger partial charge in [-0.15, -0.1) is 11.3 Å². The first-order valence-electron chi connectivity index (χ1n) is 5.93. The molecular weight excluding hydrogens is 220 g/mol. The largest absolute Gasteiger partial charge is 0.395 e. The van der Waals surface area contributed by atoms with Crippen molar-refractivity contribution in [2.24, 2.45) is 5.92 Å². The first kappa shape index (κ1) is 13.6. The lowest BCUT2D eigenvalue weighted by Gasteiger charge is -2.17. The molecule has 1 rings (SSSR count). The number of aliphatic hydroxyl groups is 1. The number of thiazole rings is 1. The van der Waals surface area contributed by atoms with Crippen LogP contribution in [-0.2, 0) is 13.0 Å². The Labute approximate surface area is 102 Å². The quantitative estimate of drug-likeness (QED) is 0.770. The molecule has 0 saturated carbocycles. The molecule has 0 aliphatic rings. The Hall–Kier alpha value is -0.450. The molecule has 1 atom stereocenters. The zero-order chi connectivity index (χ0) is 12.0. The Kier molecular flexibility index (Phi) is 5.95. The van der Waals surface area contributed by atoms with Gasteiger partial charge in [-0.05, 0) is 18.8 Å². The summed E-state index contributed by atoms with van der Waals surface area (Å²) in [6.45, 7) is 7.48. The molecule has 1 aromatic heterocycles. The highest BCUT2D eigenvalue weighted by atomic mass is 32.1. The van der Waals surface area contributed by atoms with E-state index >= 15 is 0 Å². The highest BCUT2D eigenvalue weighted by Gasteiger charge is 2.09. The second-order valence-electron chi connectivity index (χ2n) is 4.46.